The third-order valence-corrected chi connectivity index (χ3v) is 6.47. The number of rotatable bonds is 6. The lowest BCUT2D eigenvalue weighted by Gasteiger charge is -2.20. The average molecular weight is 471 g/mol. The number of amides is 1. The molecular formula is C27H23ClN4O2. The van der Waals surface area contributed by atoms with Crippen LogP contribution in [-0.4, -0.2) is 27.2 Å². The summed E-state index contributed by atoms with van der Waals surface area (Å²) in [6, 6.07) is 22.8. The number of hydrogen-bond donors (Lipinski definition) is 2. The minimum atomic E-state index is -0.338. The monoisotopic (exact) mass is 470 g/mol. The first kappa shape index (κ1) is 21.9. The van der Waals surface area contributed by atoms with Crippen molar-refractivity contribution in [2.75, 3.05) is 6.54 Å². The Morgan fingerprint density at radius 3 is 2.41 bits per heavy atom. The summed E-state index contributed by atoms with van der Waals surface area (Å²) >= 11 is 6.58. The molecule has 0 radical (unpaired) electrons. The summed E-state index contributed by atoms with van der Waals surface area (Å²) in [5.41, 5.74) is 3.01. The number of para-hydroxylation sites is 1. The number of hydrogen-bond acceptors (Lipinski definition) is 3. The summed E-state index contributed by atoms with van der Waals surface area (Å²) in [4.78, 5) is 29.3. The molecule has 170 valence electrons. The largest absolute Gasteiger partial charge is 0.361 e. The second kappa shape index (κ2) is 9.15. The zero-order valence-electron chi connectivity index (χ0n) is 18.6. The minimum Gasteiger partial charge on any atom is -0.361 e. The van der Waals surface area contributed by atoms with Crippen molar-refractivity contribution in [3.8, 4) is 0 Å². The van der Waals surface area contributed by atoms with E-state index in [1.54, 1.807) is 24.3 Å². The van der Waals surface area contributed by atoms with Crippen LogP contribution in [0.5, 0.6) is 0 Å². The van der Waals surface area contributed by atoms with Gasteiger partial charge in [0.05, 0.1) is 5.39 Å². The molecule has 0 aliphatic carbocycles. The van der Waals surface area contributed by atoms with Crippen LogP contribution >= 0.6 is 11.6 Å². The van der Waals surface area contributed by atoms with Gasteiger partial charge in [0.25, 0.3) is 11.5 Å². The van der Waals surface area contributed by atoms with Gasteiger partial charge in [-0.1, -0.05) is 66.2 Å². The molecule has 0 saturated heterocycles. The number of nitrogens with zero attached hydrogens (tertiary/aromatic N) is 2. The third kappa shape index (κ3) is 3.86. The number of carbonyl (C=O) groups excluding carboxylic acids is 1. The molecule has 5 rings (SSSR count). The van der Waals surface area contributed by atoms with E-state index in [4.69, 9.17) is 11.6 Å². The Balaban J connectivity index is 1.54. The highest BCUT2D eigenvalue weighted by Gasteiger charge is 2.23. The fourth-order valence-corrected chi connectivity index (χ4v) is 4.69. The van der Waals surface area contributed by atoms with Crippen molar-refractivity contribution in [1.82, 2.24) is 20.1 Å². The van der Waals surface area contributed by atoms with Crippen molar-refractivity contribution in [3.05, 3.63) is 111 Å². The van der Waals surface area contributed by atoms with E-state index in [0.717, 1.165) is 22.0 Å². The van der Waals surface area contributed by atoms with Gasteiger partial charge in [-0.25, -0.2) is 4.68 Å². The molecule has 2 aromatic heterocycles. The van der Waals surface area contributed by atoms with Crippen LogP contribution < -0.4 is 10.9 Å². The summed E-state index contributed by atoms with van der Waals surface area (Å²) in [7, 11) is 0. The van der Waals surface area contributed by atoms with Gasteiger partial charge >= 0.3 is 0 Å². The average Bonchev–Trinajstić information content (AvgIpc) is 3.29. The van der Waals surface area contributed by atoms with E-state index in [1.807, 2.05) is 55.6 Å². The van der Waals surface area contributed by atoms with E-state index in [-0.39, 0.29) is 23.1 Å². The first-order valence-corrected chi connectivity index (χ1v) is 11.5. The van der Waals surface area contributed by atoms with Gasteiger partial charge in [-0.2, -0.15) is 5.10 Å². The topological polar surface area (TPSA) is 79.8 Å². The van der Waals surface area contributed by atoms with Crippen molar-refractivity contribution >= 4 is 39.2 Å². The molecule has 0 fully saturated rings. The molecule has 7 heteroatoms. The molecule has 1 amide bonds. The Labute approximate surface area is 201 Å². The predicted octanol–water partition coefficient (Wildman–Crippen LogP) is 5.11. The Kier molecular flexibility index (Phi) is 5.90. The Morgan fingerprint density at radius 1 is 0.971 bits per heavy atom. The fraction of sp³-hybridized carbons (Fsp3) is 0.148. The number of aryl methyl sites for hydroxylation is 1. The van der Waals surface area contributed by atoms with Gasteiger partial charge in [-0.05, 0) is 36.2 Å². The molecular weight excluding hydrogens is 448 g/mol. The maximum atomic E-state index is 13.4. The predicted molar refractivity (Wildman–Crippen MR) is 136 cm³/mol. The van der Waals surface area contributed by atoms with Crippen molar-refractivity contribution in [3.63, 3.8) is 0 Å². The van der Waals surface area contributed by atoms with E-state index >= 15 is 0 Å². The summed E-state index contributed by atoms with van der Waals surface area (Å²) in [6.45, 7) is 2.52. The van der Waals surface area contributed by atoms with Gasteiger partial charge in [0, 0.05) is 46.5 Å². The number of benzene rings is 3. The Bertz CT molecular complexity index is 1570. The highest BCUT2D eigenvalue weighted by atomic mass is 35.5. The number of carbonyl (C=O) groups is 1. The van der Waals surface area contributed by atoms with Crippen LogP contribution in [0.4, 0.5) is 0 Å². The molecule has 5 aromatic rings. The number of nitrogens with one attached hydrogen (secondary N) is 2. The van der Waals surface area contributed by atoms with Gasteiger partial charge in [0.15, 0.2) is 5.69 Å². The van der Waals surface area contributed by atoms with Gasteiger partial charge in [-0.3, -0.25) is 9.59 Å². The van der Waals surface area contributed by atoms with Gasteiger partial charge in [0.2, 0.25) is 0 Å². The normalized spacial score (nSPS) is 12.2. The second-order valence-corrected chi connectivity index (χ2v) is 8.50. The molecule has 2 heterocycles. The number of aromatic nitrogens is 3. The third-order valence-electron chi connectivity index (χ3n) is 6.13. The number of aromatic amines is 1. The lowest BCUT2D eigenvalue weighted by molar-refractivity contribution is 0.0947. The smallest absolute Gasteiger partial charge is 0.274 e. The maximum Gasteiger partial charge on any atom is 0.274 e. The van der Waals surface area contributed by atoms with E-state index in [9.17, 15) is 9.59 Å². The molecule has 3 aromatic carbocycles. The van der Waals surface area contributed by atoms with E-state index < -0.39 is 0 Å². The molecule has 0 aliphatic rings. The zero-order valence-corrected chi connectivity index (χ0v) is 19.3. The number of halogens is 1. The molecule has 1 unspecified atom stereocenters. The standard InChI is InChI=1S/C27H23ClN4O2/c1-2-32-27(34)20-12-4-3-11-19(20)25(31-32)26(33)30-16-21(17-9-5-7-13-23(17)28)22-15-29-24-14-8-6-10-18(22)24/h3-15,21,29H,2,16H2,1H3,(H,30,33). The van der Waals surface area contributed by atoms with Crippen molar-refractivity contribution in [2.45, 2.75) is 19.4 Å². The van der Waals surface area contributed by atoms with E-state index in [2.05, 4.69) is 21.5 Å². The first-order valence-electron chi connectivity index (χ1n) is 11.2. The van der Waals surface area contributed by atoms with Crippen molar-refractivity contribution in [1.29, 1.82) is 0 Å². The molecule has 2 N–H and O–H groups in total. The van der Waals surface area contributed by atoms with Crippen LogP contribution in [0.15, 0.2) is 83.8 Å². The molecule has 0 saturated carbocycles. The summed E-state index contributed by atoms with van der Waals surface area (Å²) < 4.78 is 1.32. The van der Waals surface area contributed by atoms with Gasteiger partial charge in [0.1, 0.15) is 0 Å². The Hall–Kier alpha value is -3.90. The molecule has 6 nitrogen and oxygen atoms in total. The summed E-state index contributed by atoms with van der Waals surface area (Å²) in [5, 5.41) is 10.1. The molecule has 1 atom stereocenters. The minimum absolute atomic E-state index is 0.183. The molecule has 0 bridgehead atoms. The maximum absolute atomic E-state index is 13.4. The molecule has 0 aliphatic heterocycles. The van der Waals surface area contributed by atoms with E-state index in [0.29, 0.717) is 28.9 Å². The summed E-state index contributed by atoms with van der Waals surface area (Å²) in [5.74, 6) is -0.521. The van der Waals surface area contributed by atoms with E-state index in [1.165, 1.54) is 4.68 Å². The number of H-pyrrole nitrogens is 1. The fourth-order valence-electron chi connectivity index (χ4n) is 4.42. The van der Waals surface area contributed by atoms with Crippen molar-refractivity contribution in [2.24, 2.45) is 0 Å². The second-order valence-electron chi connectivity index (χ2n) is 8.09. The quantitative estimate of drug-likeness (QED) is 0.362. The molecule has 34 heavy (non-hydrogen) atoms. The Morgan fingerprint density at radius 2 is 1.65 bits per heavy atom. The van der Waals surface area contributed by atoms with Crippen molar-refractivity contribution < 1.29 is 4.79 Å². The van der Waals surface area contributed by atoms with Gasteiger partial charge in [-0.15, -0.1) is 0 Å². The number of fused-ring (bicyclic) bond motifs is 2. The van der Waals surface area contributed by atoms with Crippen LogP contribution in [0.1, 0.15) is 34.5 Å². The van der Waals surface area contributed by atoms with Gasteiger partial charge < -0.3 is 10.3 Å². The highest BCUT2D eigenvalue weighted by Crippen LogP contribution is 2.34. The SMILES string of the molecule is CCn1nc(C(=O)NCC(c2ccccc2Cl)c2c[nH]c3ccccc23)c2ccccc2c1=O. The van der Waals surface area contributed by atoms with Crippen LogP contribution in [0.2, 0.25) is 5.02 Å². The highest BCUT2D eigenvalue weighted by molar-refractivity contribution is 6.31. The molecule has 0 spiro atoms. The zero-order chi connectivity index (χ0) is 23.7. The first-order chi connectivity index (χ1) is 16.6. The van der Waals surface area contributed by atoms with Crippen LogP contribution in [0, 0.1) is 0 Å². The lowest BCUT2D eigenvalue weighted by Crippen LogP contribution is -2.33. The van der Waals surface area contributed by atoms with Crippen LogP contribution in [0.3, 0.4) is 0 Å². The lowest BCUT2D eigenvalue weighted by atomic mass is 9.90. The van der Waals surface area contributed by atoms with Crippen LogP contribution in [0.25, 0.3) is 21.7 Å². The summed E-state index contributed by atoms with van der Waals surface area (Å²) in [6.07, 6.45) is 1.97. The van der Waals surface area contributed by atoms with Crippen LogP contribution in [-0.2, 0) is 6.54 Å².